The molecule has 0 aliphatic heterocycles. The second-order valence-electron chi connectivity index (χ2n) is 6.26. The lowest BCUT2D eigenvalue weighted by Gasteiger charge is -2.33. The lowest BCUT2D eigenvalue weighted by Crippen LogP contribution is -2.25. The molecule has 0 N–H and O–H groups in total. The molecule has 0 heteroatoms. The molecule has 0 radical (unpaired) electrons. The van der Waals surface area contributed by atoms with Gasteiger partial charge in [0.1, 0.15) is 0 Å². The van der Waals surface area contributed by atoms with E-state index in [1.165, 1.54) is 35.1 Å². The first-order valence-electron chi connectivity index (χ1n) is 8.26. The number of rotatable bonds is 5. The van der Waals surface area contributed by atoms with Crippen LogP contribution < -0.4 is 0 Å². The van der Waals surface area contributed by atoms with Crippen LogP contribution in [0.15, 0.2) is 84.0 Å². The lowest BCUT2D eigenvalue weighted by atomic mass is 9.70. The van der Waals surface area contributed by atoms with Gasteiger partial charge in [-0.15, -0.1) is 0 Å². The molecule has 0 spiro atoms. The highest BCUT2D eigenvalue weighted by Gasteiger charge is 2.33. The quantitative estimate of drug-likeness (QED) is 0.628. The van der Waals surface area contributed by atoms with Crippen LogP contribution in [0.5, 0.6) is 0 Å². The van der Waals surface area contributed by atoms with Crippen molar-refractivity contribution in [2.45, 2.75) is 38.5 Å². The highest BCUT2D eigenvalue weighted by molar-refractivity contribution is 5.52. The summed E-state index contributed by atoms with van der Waals surface area (Å²) < 4.78 is 0. The Hall–Kier alpha value is -2.08. The van der Waals surface area contributed by atoms with E-state index in [1.807, 2.05) is 0 Å². The van der Waals surface area contributed by atoms with Crippen LogP contribution in [-0.2, 0) is 5.41 Å². The van der Waals surface area contributed by atoms with Gasteiger partial charge in [-0.05, 0) is 30.9 Å². The third-order valence-electron chi connectivity index (χ3n) is 4.83. The molecule has 0 fully saturated rings. The van der Waals surface area contributed by atoms with Crippen LogP contribution in [0, 0.1) is 0 Å². The molecule has 0 amide bonds. The smallest absolute Gasteiger partial charge is 0.0389 e. The van der Waals surface area contributed by atoms with E-state index < -0.39 is 0 Å². The SMILES string of the molecule is CCCC1=CCC(C(C)(c2ccccc2)c2ccccc2)=C1. The van der Waals surface area contributed by atoms with Crippen molar-refractivity contribution in [1.29, 1.82) is 0 Å². The Morgan fingerprint density at radius 1 is 0.864 bits per heavy atom. The predicted molar refractivity (Wildman–Crippen MR) is 95.0 cm³/mol. The molecule has 0 saturated heterocycles. The molecular weight excluding hydrogens is 264 g/mol. The Morgan fingerprint density at radius 2 is 1.41 bits per heavy atom. The van der Waals surface area contributed by atoms with Gasteiger partial charge in [0, 0.05) is 5.41 Å². The maximum Gasteiger partial charge on any atom is 0.0389 e. The fraction of sp³-hybridized carbons (Fsp3) is 0.273. The molecule has 2 aromatic rings. The molecule has 0 saturated carbocycles. The van der Waals surface area contributed by atoms with Crippen molar-refractivity contribution in [2.24, 2.45) is 0 Å². The zero-order valence-electron chi connectivity index (χ0n) is 13.5. The van der Waals surface area contributed by atoms with Gasteiger partial charge in [0.05, 0.1) is 0 Å². The second kappa shape index (κ2) is 6.36. The summed E-state index contributed by atoms with van der Waals surface area (Å²) in [5, 5.41) is 0. The molecule has 0 atom stereocenters. The van der Waals surface area contributed by atoms with E-state index >= 15 is 0 Å². The molecular formula is C22H24. The normalized spacial score (nSPS) is 14.6. The molecule has 1 aliphatic rings. The van der Waals surface area contributed by atoms with Crippen molar-refractivity contribution in [1.82, 2.24) is 0 Å². The summed E-state index contributed by atoms with van der Waals surface area (Å²) in [4.78, 5) is 0. The average molecular weight is 288 g/mol. The Labute approximate surface area is 134 Å². The van der Waals surface area contributed by atoms with Crippen molar-refractivity contribution in [3.8, 4) is 0 Å². The van der Waals surface area contributed by atoms with Crippen LogP contribution >= 0.6 is 0 Å². The van der Waals surface area contributed by atoms with E-state index in [-0.39, 0.29) is 5.41 Å². The minimum Gasteiger partial charge on any atom is -0.0772 e. The summed E-state index contributed by atoms with van der Waals surface area (Å²) in [6.07, 6.45) is 8.30. The first kappa shape index (κ1) is 14.8. The van der Waals surface area contributed by atoms with E-state index in [0.717, 1.165) is 6.42 Å². The number of hydrogen-bond acceptors (Lipinski definition) is 0. The van der Waals surface area contributed by atoms with Crippen LogP contribution in [0.1, 0.15) is 44.2 Å². The predicted octanol–water partition coefficient (Wildman–Crippen LogP) is 6.05. The Bertz CT molecular complexity index is 635. The minimum absolute atomic E-state index is 0.0471. The van der Waals surface area contributed by atoms with E-state index in [2.05, 4.69) is 86.7 Å². The Balaban J connectivity index is 2.08. The Kier molecular flexibility index (Phi) is 4.29. The van der Waals surface area contributed by atoms with Crippen molar-refractivity contribution in [2.75, 3.05) is 0 Å². The van der Waals surface area contributed by atoms with Crippen LogP contribution in [0.2, 0.25) is 0 Å². The standard InChI is InChI=1S/C22H24/c1-3-10-18-15-16-21(17-18)22(2,19-11-6-4-7-12-19)20-13-8-5-9-14-20/h4-9,11-15,17H,3,10,16H2,1-2H3. The van der Waals surface area contributed by atoms with E-state index in [0.29, 0.717) is 0 Å². The van der Waals surface area contributed by atoms with E-state index in [4.69, 9.17) is 0 Å². The highest BCUT2D eigenvalue weighted by Crippen LogP contribution is 2.43. The van der Waals surface area contributed by atoms with Gasteiger partial charge in [0.25, 0.3) is 0 Å². The number of benzene rings is 2. The van der Waals surface area contributed by atoms with Crippen LogP contribution in [-0.4, -0.2) is 0 Å². The molecule has 0 unspecified atom stereocenters. The molecule has 3 rings (SSSR count). The lowest BCUT2D eigenvalue weighted by molar-refractivity contribution is 0.662. The second-order valence-corrected chi connectivity index (χ2v) is 6.26. The van der Waals surface area contributed by atoms with E-state index in [9.17, 15) is 0 Å². The molecule has 112 valence electrons. The van der Waals surface area contributed by atoms with Crippen molar-refractivity contribution in [3.63, 3.8) is 0 Å². The van der Waals surface area contributed by atoms with Crippen molar-refractivity contribution in [3.05, 3.63) is 95.1 Å². The van der Waals surface area contributed by atoms with Gasteiger partial charge < -0.3 is 0 Å². The highest BCUT2D eigenvalue weighted by atomic mass is 14.4. The summed E-state index contributed by atoms with van der Waals surface area (Å²) >= 11 is 0. The van der Waals surface area contributed by atoms with Crippen LogP contribution in [0.25, 0.3) is 0 Å². The maximum atomic E-state index is 2.43. The average Bonchev–Trinajstić information content (AvgIpc) is 3.05. The topological polar surface area (TPSA) is 0 Å². The first-order valence-corrected chi connectivity index (χ1v) is 8.26. The van der Waals surface area contributed by atoms with E-state index in [1.54, 1.807) is 0 Å². The van der Waals surface area contributed by atoms with Gasteiger partial charge in [-0.2, -0.15) is 0 Å². The largest absolute Gasteiger partial charge is 0.0772 e. The Morgan fingerprint density at radius 3 is 1.91 bits per heavy atom. The number of allylic oxidation sites excluding steroid dienone is 4. The summed E-state index contributed by atoms with van der Waals surface area (Å²) in [5.41, 5.74) is 5.70. The fourth-order valence-corrected chi connectivity index (χ4v) is 3.47. The summed E-state index contributed by atoms with van der Waals surface area (Å²) in [7, 11) is 0. The molecule has 0 heterocycles. The van der Waals surface area contributed by atoms with Gasteiger partial charge in [0.2, 0.25) is 0 Å². The third-order valence-corrected chi connectivity index (χ3v) is 4.83. The molecule has 0 bridgehead atoms. The molecule has 2 aromatic carbocycles. The maximum absolute atomic E-state index is 2.43. The third kappa shape index (κ3) is 2.66. The fourth-order valence-electron chi connectivity index (χ4n) is 3.47. The van der Waals surface area contributed by atoms with Crippen molar-refractivity contribution < 1.29 is 0 Å². The molecule has 1 aliphatic carbocycles. The molecule has 0 aromatic heterocycles. The zero-order valence-corrected chi connectivity index (χ0v) is 13.5. The summed E-state index contributed by atoms with van der Waals surface area (Å²) in [5.74, 6) is 0. The monoisotopic (exact) mass is 288 g/mol. The zero-order chi connectivity index (χ0) is 15.4. The van der Waals surface area contributed by atoms with Crippen LogP contribution in [0.3, 0.4) is 0 Å². The van der Waals surface area contributed by atoms with Crippen LogP contribution in [0.4, 0.5) is 0 Å². The van der Waals surface area contributed by atoms with Gasteiger partial charge in [-0.1, -0.05) is 97.3 Å². The van der Waals surface area contributed by atoms with Gasteiger partial charge in [0.15, 0.2) is 0 Å². The summed E-state index contributed by atoms with van der Waals surface area (Å²) in [6.45, 7) is 4.62. The first-order chi connectivity index (χ1) is 10.7. The van der Waals surface area contributed by atoms with Gasteiger partial charge >= 0.3 is 0 Å². The van der Waals surface area contributed by atoms with Crippen molar-refractivity contribution >= 4 is 0 Å². The molecule has 0 nitrogen and oxygen atoms in total. The van der Waals surface area contributed by atoms with Gasteiger partial charge in [-0.3, -0.25) is 0 Å². The van der Waals surface area contributed by atoms with Gasteiger partial charge in [-0.25, -0.2) is 0 Å². The molecule has 22 heavy (non-hydrogen) atoms. The minimum atomic E-state index is -0.0471. The number of hydrogen-bond donors (Lipinski definition) is 0. The summed E-state index contributed by atoms with van der Waals surface area (Å²) in [6, 6.07) is 21.8.